The number of hydrogen-bond acceptors (Lipinski definition) is 7. The molecule has 2 aromatic carbocycles. The minimum Gasteiger partial charge on any atom is -0.462 e. The number of carbonyl (C=O) groups is 1. The van der Waals surface area contributed by atoms with Gasteiger partial charge in [-0.2, -0.15) is 0 Å². The summed E-state index contributed by atoms with van der Waals surface area (Å²) >= 11 is 2.67. The zero-order chi connectivity index (χ0) is 23.4. The van der Waals surface area contributed by atoms with Gasteiger partial charge in [0.05, 0.1) is 19.8 Å². The number of thiophene rings is 1. The first-order chi connectivity index (χ1) is 16.0. The number of rotatable bonds is 9. The molecule has 0 atom stereocenters. The molecule has 0 radical (unpaired) electrons. The van der Waals surface area contributed by atoms with Gasteiger partial charge in [0.1, 0.15) is 10.7 Å². The number of aromatic nitrogens is 3. The van der Waals surface area contributed by atoms with E-state index >= 15 is 0 Å². The van der Waals surface area contributed by atoms with Crippen molar-refractivity contribution >= 4 is 39.2 Å². The Labute approximate surface area is 199 Å². The fourth-order valence-corrected chi connectivity index (χ4v) is 5.80. The second-order valence-electron chi connectivity index (χ2n) is 7.35. The highest BCUT2D eigenvalue weighted by atomic mass is 32.2. The molecule has 0 saturated carbocycles. The van der Waals surface area contributed by atoms with E-state index < -0.39 is 5.97 Å². The van der Waals surface area contributed by atoms with Gasteiger partial charge in [0.2, 0.25) is 0 Å². The lowest BCUT2D eigenvalue weighted by atomic mass is 10.1. The number of ether oxygens (including phenoxy) is 2. The first kappa shape index (κ1) is 23.4. The molecule has 33 heavy (non-hydrogen) atoms. The van der Waals surface area contributed by atoms with Crippen LogP contribution < -0.4 is 0 Å². The van der Waals surface area contributed by atoms with Gasteiger partial charge < -0.3 is 9.47 Å². The highest BCUT2D eigenvalue weighted by Gasteiger charge is 2.23. The van der Waals surface area contributed by atoms with Gasteiger partial charge in [0.15, 0.2) is 11.0 Å². The van der Waals surface area contributed by atoms with E-state index in [0.29, 0.717) is 39.9 Å². The second-order valence-corrected chi connectivity index (χ2v) is 9.35. The van der Waals surface area contributed by atoms with Crippen LogP contribution in [0.1, 0.15) is 27.7 Å². The highest BCUT2D eigenvalue weighted by molar-refractivity contribution is 7.98. The summed E-state index contributed by atoms with van der Waals surface area (Å²) in [4.78, 5) is 13.0. The average Bonchev–Trinajstić information content (AvgIpc) is 3.38. The van der Waals surface area contributed by atoms with Crippen LogP contribution in [0.15, 0.2) is 47.6 Å². The van der Waals surface area contributed by atoms with Crippen LogP contribution >= 0.6 is 23.1 Å². The SMILES string of the molecule is CCOC(=O)c1sc2cccc(F)c2c1CSc1nnc(-c2cccc(C)c2)n1CCOC. The Morgan fingerprint density at radius 2 is 2.03 bits per heavy atom. The first-order valence-electron chi connectivity index (χ1n) is 10.5. The number of fused-ring (bicyclic) bond motifs is 1. The molecule has 4 rings (SSSR count). The van der Waals surface area contributed by atoms with E-state index in [9.17, 15) is 9.18 Å². The number of esters is 1. The molecule has 2 heterocycles. The number of aryl methyl sites for hydroxylation is 1. The minimum absolute atomic E-state index is 0.257. The Bertz CT molecular complexity index is 1290. The highest BCUT2D eigenvalue weighted by Crippen LogP contribution is 2.37. The van der Waals surface area contributed by atoms with Gasteiger partial charge in [0, 0.05) is 28.5 Å². The Morgan fingerprint density at radius 1 is 1.21 bits per heavy atom. The smallest absolute Gasteiger partial charge is 0.348 e. The molecule has 0 unspecified atom stereocenters. The molecule has 0 aliphatic rings. The second kappa shape index (κ2) is 10.5. The molecule has 0 N–H and O–H groups in total. The summed E-state index contributed by atoms with van der Waals surface area (Å²) in [6.07, 6.45) is 0. The van der Waals surface area contributed by atoms with Crippen LogP contribution in [-0.2, 0) is 21.8 Å². The van der Waals surface area contributed by atoms with Crippen LogP contribution in [0.3, 0.4) is 0 Å². The van der Waals surface area contributed by atoms with E-state index in [0.717, 1.165) is 21.7 Å². The lowest BCUT2D eigenvalue weighted by molar-refractivity contribution is 0.0531. The summed E-state index contributed by atoms with van der Waals surface area (Å²) in [6.45, 7) is 5.11. The van der Waals surface area contributed by atoms with Crippen molar-refractivity contribution in [2.75, 3.05) is 20.3 Å². The van der Waals surface area contributed by atoms with Crippen LogP contribution in [0.25, 0.3) is 21.5 Å². The third-order valence-electron chi connectivity index (χ3n) is 5.08. The molecular weight excluding hydrogens is 461 g/mol. The number of thioether (sulfide) groups is 1. The van der Waals surface area contributed by atoms with E-state index in [1.165, 1.54) is 29.2 Å². The molecule has 2 aromatic heterocycles. The van der Waals surface area contributed by atoms with Crippen molar-refractivity contribution in [1.82, 2.24) is 14.8 Å². The van der Waals surface area contributed by atoms with Gasteiger partial charge >= 0.3 is 5.97 Å². The Balaban J connectivity index is 1.71. The molecule has 4 aromatic rings. The monoisotopic (exact) mass is 485 g/mol. The van der Waals surface area contributed by atoms with Crippen LogP contribution in [0, 0.1) is 12.7 Å². The number of carbonyl (C=O) groups excluding carboxylic acids is 1. The van der Waals surface area contributed by atoms with Crippen LogP contribution in [0.5, 0.6) is 0 Å². The summed E-state index contributed by atoms with van der Waals surface area (Å²) < 4.78 is 28.0. The van der Waals surface area contributed by atoms with Gasteiger partial charge in [-0.1, -0.05) is 41.6 Å². The molecule has 0 aliphatic carbocycles. The van der Waals surface area contributed by atoms with E-state index in [1.54, 1.807) is 20.1 Å². The molecule has 0 saturated heterocycles. The Kier molecular flexibility index (Phi) is 7.42. The molecule has 6 nitrogen and oxygen atoms in total. The third kappa shape index (κ3) is 4.95. The maximum atomic E-state index is 14.7. The van der Waals surface area contributed by atoms with Crippen LogP contribution in [0.4, 0.5) is 4.39 Å². The van der Waals surface area contributed by atoms with Crippen LogP contribution in [0.2, 0.25) is 0 Å². The number of methoxy groups -OCH3 is 1. The van der Waals surface area contributed by atoms with Crippen molar-refractivity contribution in [2.45, 2.75) is 31.3 Å². The molecule has 172 valence electrons. The number of halogens is 1. The molecule has 0 aliphatic heterocycles. The number of hydrogen-bond donors (Lipinski definition) is 0. The van der Waals surface area contributed by atoms with Gasteiger partial charge in [-0.25, -0.2) is 9.18 Å². The number of benzene rings is 2. The predicted molar refractivity (Wildman–Crippen MR) is 129 cm³/mol. The van der Waals surface area contributed by atoms with Crippen molar-refractivity contribution in [3.05, 3.63) is 64.3 Å². The van der Waals surface area contributed by atoms with E-state index in [-0.39, 0.29) is 12.4 Å². The summed E-state index contributed by atoms with van der Waals surface area (Å²) in [5, 5.41) is 9.96. The van der Waals surface area contributed by atoms with Crippen molar-refractivity contribution in [2.24, 2.45) is 0 Å². The Hall–Kier alpha value is -2.75. The minimum atomic E-state index is -0.435. The number of nitrogens with zero attached hydrogens (tertiary/aromatic N) is 3. The first-order valence-corrected chi connectivity index (χ1v) is 12.3. The third-order valence-corrected chi connectivity index (χ3v) is 7.25. The maximum Gasteiger partial charge on any atom is 0.348 e. The van der Waals surface area contributed by atoms with Crippen molar-refractivity contribution in [1.29, 1.82) is 0 Å². The average molecular weight is 486 g/mol. The summed E-state index contributed by atoms with van der Waals surface area (Å²) in [6, 6.07) is 12.9. The lowest BCUT2D eigenvalue weighted by Crippen LogP contribution is -2.08. The van der Waals surface area contributed by atoms with E-state index in [2.05, 4.69) is 16.3 Å². The largest absolute Gasteiger partial charge is 0.462 e. The topological polar surface area (TPSA) is 66.2 Å². The summed E-state index contributed by atoms with van der Waals surface area (Å²) in [5.74, 6) is 0.310. The summed E-state index contributed by atoms with van der Waals surface area (Å²) in [7, 11) is 1.65. The van der Waals surface area contributed by atoms with Gasteiger partial charge in [-0.15, -0.1) is 21.5 Å². The summed E-state index contributed by atoms with van der Waals surface area (Å²) in [5.41, 5.74) is 2.71. The van der Waals surface area contributed by atoms with Crippen molar-refractivity contribution < 1.29 is 18.7 Å². The lowest BCUT2D eigenvalue weighted by Gasteiger charge is -2.10. The van der Waals surface area contributed by atoms with Gasteiger partial charge in [-0.3, -0.25) is 4.57 Å². The van der Waals surface area contributed by atoms with Gasteiger partial charge in [0.25, 0.3) is 0 Å². The fraction of sp³-hybridized carbons (Fsp3) is 0.292. The molecule has 9 heteroatoms. The molecule has 0 fully saturated rings. The van der Waals surface area contributed by atoms with Crippen molar-refractivity contribution in [3.8, 4) is 11.4 Å². The van der Waals surface area contributed by atoms with E-state index in [4.69, 9.17) is 9.47 Å². The molecular formula is C24H24FN3O3S2. The van der Waals surface area contributed by atoms with Gasteiger partial charge in [-0.05, 0) is 37.6 Å². The quantitative estimate of drug-likeness (QED) is 0.223. The predicted octanol–water partition coefficient (Wildman–Crippen LogP) is 5.72. The molecule has 0 bridgehead atoms. The fourth-order valence-electron chi connectivity index (χ4n) is 3.58. The normalized spacial score (nSPS) is 11.3. The van der Waals surface area contributed by atoms with Crippen LogP contribution in [-0.4, -0.2) is 41.1 Å². The zero-order valence-corrected chi connectivity index (χ0v) is 20.3. The molecule has 0 amide bonds. The Morgan fingerprint density at radius 3 is 2.79 bits per heavy atom. The standard InChI is InChI=1S/C24H24FN3O3S2/c1-4-31-23(29)21-17(20-18(25)9-6-10-19(20)33-21)14-32-24-27-26-22(28(24)11-12-30-3)16-8-5-7-15(2)13-16/h5-10,13H,4,11-12,14H2,1-3H3. The maximum absolute atomic E-state index is 14.7. The zero-order valence-electron chi connectivity index (χ0n) is 18.6. The molecule has 0 spiro atoms. The van der Waals surface area contributed by atoms with E-state index in [1.807, 2.05) is 35.8 Å². The van der Waals surface area contributed by atoms with Crippen molar-refractivity contribution in [3.63, 3.8) is 0 Å².